The Kier molecular flexibility index (Phi) is 7.24. The van der Waals surface area contributed by atoms with Crippen molar-refractivity contribution in [3.63, 3.8) is 0 Å². The Bertz CT molecular complexity index is 1330. The van der Waals surface area contributed by atoms with E-state index < -0.39 is 0 Å². The molecule has 0 saturated heterocycles. The predicted octanol–water partition coefficient (Wildman–Crippen LogP) is 6.97. The molecule has 2 nitrogen and oxygen atoms in total. The molecule has 3 aromatic carbocycles. The minimum Gasteiger partial charge on any atom is -0.305 e. The number of hydrogen-bond acceptors (Lipinski definition) is 2. The quantitative estimate of drug-likeness (QED) is 0.200. The van der Waals surface area contributed by atoms with Crippen molar-refractivity contribution in [2.24, 2.45) is 0 Å². The van der Waals surface area contributed by atoms with E-state index in [1.165, 1.54) is 27.8 Å². The third-order valence-corrected chi connectivity index (χ3v) is 5.56. The molecule has 6 rings (SSSR count). The molecule has 33 heavy (non-hydrogen) atoms. The number of aromatic nitrogens is 2. The molecule has 2 heterocycles. The molecule has 0 fully saturated rings. The zero-order valence-corrected chi connectivity index (χ0v) is 20.6. The fourth-order valence-corrected chi connectivity index (χ4v) is 3.91. The molecule has 0 aliphatic heterocycles. The van der Waals surface area contributed by atoms with Crippen LogP contribution in [0, 0.1) is 19.1 Å². The van der Waals surface area contributed by atoms with E-state index in [2.05, 4.69) is 64.6 Å². The van der Waals surface area contributed by atoms with E-state index in [0.717, 1.165) is 28.9 Å². The maximum absolute atomic E-state index is 4.40. The second kappa shape index (κ2) is 10.5. The van der Waals surface area contributed by atoms with Gasteiger partial charge in [0.1, 0.15) is 0 Å². The van der Waals surface area contributed by atoms with Gasteiger partial charge in [0.15, 0.2) is 0 Å². The zero-order valence-electron chi connectivity index (χ0n) is 18.2. The maximum Gasteiger partial charge on any atom is 0.0190 e. The molecule has 5 aromatic rings. The molecule has 3 heteroatoms. The maximum atomic E-state index is 4.40. The van der Waals surface area contributed by atoms with Gasteiger partial charge in [-0.2, -0.15) is 0 Å². The molecule has 0 atom stereocenters. The fourth-order valence-electron chi connectivity index (χ4n) is 3.91. The Morgan fingerprint density at radius 2 is 1.52 bits per heavy atom. The molecule has 0 spiro atoms. The summed E-state index contributed by atoms with van der Waals surface area (Å²) in [5.41, 5.74) is 10.7. The van der Waals surface area contributed by atoms with Crippen molar-refractivity contribution in [2.45, 2.75) is 13.3 Å². The molecule has 1 aliphatic carbocycles. The second-order valence-corrected chi connectivity index (χ2v) is 7.83. The number of hydrogen-bond donors (Lipinski definition) is 0. The van der Waals surface area contributed by atoms with Crippen LogP contribution < -0.4 is 0 Å². The number of fused-ring (bicyclic) bond motifs is 3. The van der Waals surface area contributed by atoms with Gasteiger partial charge in [-0.3, -0.25) is 0 Å². The van der Waals surface area contributed by atoms with Gasteiger partial charge in [-0.25, -0.2) is 0 Å². The first kappa shape index (κ1) is 22.8. The molecule has 0 amide bonds. The summed E-state index contributed by atoms with van der Waals surface area (Å²) in [5, 5.41) is 0. The fraction of sp³-hybridized carbons (Fsp3) is 0.0667. The summed E-state index contributed by atoms with van der Waals surface area (Å²) < 4.78 is 0. The van der Waals surface area contributed by atoms with Crippen molar-refractivity contribution >= 4 is 0 Å². The Morgan fingerprint density at radius 1 is 0.697 bits per heavy atom. The van der Waals surface area contributed by atoms with E-state index >= 15 is 0 Å². The predicted molar refractivity (Wildman–Crippen MR) is 130 cm³/mol. The van der Waals surface area contributed by atoms with Crippen LogP contribution in [-0.4, -0.2) is 9.97 Å². The number of pyridine rings is 2. The molecule has 163 valence electrons. The van der Waals surface area contributed by atoms with Gasteiger partial charge < -0.3 is 9.97 Å². The largest absolute Gasteiger partial charge is 0.305 e. The monoisotopic (exact) mass is 603 g/mol. The van der Waals surface area contributed by atoms with Crippen LogP contribution in [0.15, 0.2) is 103 Å². The summed E-state index contributed by atoms with van der Waals surface area (Å²) in [4.78, 5) is 8.72. The Balaban J connectivity index is 0.000000164. The SMILES string of the molecule is Cc1ccc(-c2[c-]cccc2)nc1.[Ir].[c-]1cc2c(cc1-c1ccccn1)-c1ccccc1C2. The summed E-state index contributed by atoms with van der Waals surface area (Å²) in [5.74, 6) is 0. The van der Waals surface area contributed by atoms with Crippen molar-refractivity contribution in [1.82, 2.24) is 9.97 Å². The molecular formula is C30H22IrN2-2. The first-order valence-corrected chi connectivity index (χ1v) is 10.7. The number of rotatable bonds is 2. The van der Waals surface area contributed by atoms with Crippen molar-refractivity contribution in [3.05, 3.63) is 132 Å². The van der Waals surface area contributed by atoms with E-state index in [4.69, 9.17) is 0 Å². The molecule has 1 aliphatic rings. The van der Waals surface area contributed by atoms with Gasteiger partial charge in [0, 0.05) is 32.5 Å². The van der Waals surface area contributed by atoms with Gasteiger partial charge in [0.2, 0.25) is 0 Å². The van der Waals surface area contributed by atoms with Crippen LogP contribution in [0.3, 0.4) is 0 Å². The van der Waals surface area contributed by atoms with E-state index in [1.807, 2.05) is 67.8 Å². The van der Waals surface area contributed by atoms with Crippen LogP contribution in [0.4, 0.5) is 0 Å². The minimum absolute atomic E-state index is 0. The van der Waals surface area contributed by atoms with Crippen molar-refractivity contribution in [3.8, 4) is 33.6 Å². The summed E-state index contributed by atoms with van der Waals surface area (Å²) in [6.07, 6.45) is 4.71. The van der Waals surface area contributed by atoms with Crippen molar-refractivity contribution in [2.75, 3.05) is 0 Å². The van der Waals surface area contributed by atoms with Crippen LogP contribution in [0.2, 0.25) is 0 Å². The van der Waals surface area contributed by atoms with Gasteiger partial charge in [-0.05, 0) is 47.5 Å². The average molecular weight is 603 g/mol. The van der Waals surface area contributed by atoms with Gasteiger partial charge in [0.05, 0.1) is 0 Å². The van der Waals surface area contributed by atoms with Gasteiger partial charge >= 0.3 is 0 Å². The van der Waals surface area contributed by atoms with Gasteiger partial charge in [-0.1, -0.05) is 54.1 Å². The zero-order chi connectivity index (χ0) is 21.8. The Labute approximate surface area is 208 Å². The van der Waals surface area contributed by atoms with Gasteiger partial charge in [0.25, 0.3) is 0 Å². The van der Waals surface area contributed by atoms with Crippen molar-refractivity contribution < 1.29 is 20.1 Å². The molecule has 0 saturated carbocycles. The van der Waals surface area contributed by atoms with Gasteiger partial charge in [-0.15, -0.1) is 65.2 Å². The van der Waals surface area contributed by atoms with Crippen LogP contribution in [0.25, 0.3) is 33.6 Å². The number of nitrogens with zero attached hydrogens (tertiary/aromatic N) is 2. The summed E-state index contributed by atoms with van der Waals surface area (Å²) in [6, 6.07) is 37.3. The van der Waals surface area contributed by atoms with E-state index in [-0.39, 0.29) is 20.1 Å². The molecule has 0 unspecified atom stereocenters. The number of benzene rings is 3. The topological polar surface area (TPSA) is 25.8 Å². The first-order valence-electron chi connectivity index (χ1n) is 10.7. The van der Waals surface area contributed by atoms with Crippen LogP contribution in [0.1, 0.15) is 16.7 Å². The normalized spacial score (nSPS) is 10.8. The molecule has 0 N–H and O–H groups in total. The Morgan fingerprint density at radius 3 is 2.27 bits per heavy atom. The van der Waals surface area contributed by atoms with Crippen LogP contribution in [-0.2, 0) is 26.5 Å². The van der Waals surface area contributed by atoms with Crippen LogP contribution in [0.5, 0.6) is 0 Å². The van der Waals surface area contributed by atoms with E-state index in [9.17, 15) is 0 Å². The number of aryl methyl sites for hydroxylation is 1. The molecular weight excluding hydrogens is 581 g/mol. The third kappa shape index (κ3) is 5.17. The summed E-state index contributed by atoms with van der Waals surface area (Å²) in [6.45, 7) is 2.03. The Hall–Kier alpha value is -3.39. The van der Waals surface area contributed by atoms with Crippen molar-refractivity contribution in [1.29, 1.82) is 0 Å². The van der Waals surface area contributed by atoms with Crippen LogP contribution >= 0.6 is 0 Å². The molecule has 1 radical (unpaired) electrons. The standard InChI is InChI=1S/C18H12N.C12H10N.Ir/c1-2-6-16-13(5-1)11-14-8-9-15(12-17(14)16)18-7-3-4-10-19-18;1-10-7-8-12(13-9-10)11-5-3-2-4-6-11;/h1-8,10,12H,11H2;2-5,7-9H,1H3;/q2*-1;. The molecule has 0 bridgehead atoms. The second-order valence-electron chi connectivity index (χ2n) is 7.83. The smallest absolute Gasteiger partial charge is 0.0190 e. The summed E-state index contributed by atoms with van der Waals surface area (Å²) >= 11 is 0. The minimum atomic E-state index is 0. The molecule has 2 aromatic heterocycles. The first-order chi connectivity index (χ1) is 15.8. The average Bonchev–Trinajstić information content (AvgIpc) is 3.24. The third-order valence-electron chi connectivity index (χ3n) is 5.56. The van der Waals surface area contributed by atoms with E-state index in [1.54, 1.807) is 0 Å². The summed E-state index contributed by atoms with van der Waals surface area (Å²) in [7, 11) is 0. The van der Waals surface area contributed by atoms with E-state index in [0.29, 0.717) is 0 Å².